The van der Waals surface area contributed by atoms with Crippen molar-refractivity contribution in [2.45, 2.75) is 55.0 Å². The monoisotopic (exact) mass is 383 g/mol. The quantitative estimate of drug-likeness (QED) is 0.645. The van der Waals surface area contributed by atoms with E-state index in [1.807, 2.05) is 18.7 Å². The smallest absolute Gasteiger partial charge is 0.254 e. The zero-order valence-corrected chi connectivity index (χ0v) is 16.1. The largest absolute Gasteiger partial charge is 0.333 e. The lowest BCUT2D eigenvalue weighted by molar-refractivity contribution is 0.0510. The highest BCUT2D eigenvalue weighted by atomic mass is 32.2. The number of carbonyl (C=O) groups excluding carboxylic acids is 2. The van der Waals surface area contributed by atoms with E-state index in [-0.39, 0.29) is 44.7 Å². The van der Waals surface area contributed by atoms with Gasteiger partial charge < -0.3 is 4.90 Å². The Bertz CT molecular complexity index is 1050. The summed E-state index contributed by atoms with van der Waals surface area (Å²) >= 11 is 0. The van der Waals surface area contributed by atoms with Crippen molar-refractivity contribution in [3.63, 3.8) is 0 Å². The molecule has 0 aromatic heterocycles. The molecule has 0 aliphatic carbocycles. The lowest BCUT2D eigenvalue weighted by Crippen LogP contribution is -2.47. The Morgan fingerprint density at radius 1 is 0.963 bits per heavy atom. The van der Waals surface area contributed by atoms with Crippen molar-refractivity contribution in [2.75, 3.05) is 0 Å². The maximum atomic E-state index is 13.1. The predicted molar refractivity (Wildman–Crippen MR) is 101 cm³/mol. The van der Waals surface area contributed by atoms with Gasteiger partial charge in [0, 0.05) is 28.8 Å². The van der Waals surface area contributed by atoms with Gasteiger partial charge in [-0.15, -0.1) is 0 Å². The van der Waals surface area contributed by atoms with Crippen molar-refractivity contribution in [1.29, 1.82) is 0 Å². The Morgan fingerprint density at radius 3 is 2.30 bits per heavy atom. The van der Waals surface area contributed by atoms with Crippen molar-refractivity contribution < 1.29 is 18.0 Å². The van der Waals surface area contributed by atoms with Gasteiger partial charge in [0.2, 0.25) is 9.84 Å². The van der Waals surface area contributed by atoms with Crippen LogP contribution in [0.3, 0.4) is 0 Å². The summed E-state index contributed by atoms with van der Waals surface area (Å²) in [6.45, 7) is 4.03. The van der Waals surface area contributed by atoms with E-state index in [0.29, 0.717) is 5.56 Å². The van der Waals surface area contributed by atoms with Crippen molar-refractivity contribution in [3.05, 3.63) is 59.2 Å². The number of rotatable bonds is 1. The molecule has 0 spiro atoms. The maximum Gasteiger partial charge on any atom is 0.254 e. The minimum absolute atomic E-state index is 0.00630. The summed E-state index contributed by atoms with van der Waals surface area (Å²) in [5, 5.41) is 0. The van der Waals surface area contributed by atoms with Gasteiger partial charge in [-0.25, -0.2) is 8.42 Å². The van der Waals surface area contributed by atoms with E-state index >= 15 is 0 Å². The number of likely N-dealkylation sites (tertiary alicyclic amines) is 1. The fourth-order valence-electron chi connectivity index (χ4n) is 4.19. The third-order valence-electron chi connectivity index (χ3n) is 5.61. The van der Waals surface area contributed by atoms with E-state index in [1.54, 1.807) is 18.2 Å². The number of hydrogen-bond acceptors (Lipinski definition) is 4. The third kappa shape index (κ3) is 2.70. The highest BCUT2D eigenvalue weighted by molar-refractivity contribution is 7.91. The molecule has 5 nitrogen and oxygen atoms in total. The number of amides is 1. The van der Waals surface area contributed by atoms with Gasteiger partial charge in [0.1, 0.15) is 0 Å². The molecule has 2 aromatic carbocycles. The lowest BCUT2D eigenvalue weighted by atomic mass is 9.95. The molecule has 2 heterocycles. The van der Waals surface area contributed by atoms with Gasteiger partial charge in [0.05, 0.1) is 9.79 Å². The zero-order chi connectivity index (χ0) is 19.3. The summed E-state index contributed by atoms with van der Waals surface area (Å²) in [5.41, 5.74) is 0.623. The molecule has 0 radical (unpaired) electrons. The molecule has 0 bridgehead atoms. The minimum atomic E-state index is -3.84. The summed E-state index contributed by atoms with van der Waals surface area (Å²) in [5.74, 6) is -0.506. The molecule has 2 atom stereocenters. The molecule has 4 rings (SSSR count). The molecule has 6 heteroatoms. The summed E-state index contributed by atoms with van der Waals surface area (Å²) in [4.78, 5) is 27.6. The Hall–Kier alpha value is -2.47. The van der Waals surface area contributed by atoms with Crippen molar-refractivity contribution in [2.24, 2.45) is 0 Å². The molecule has 0 saturated carbocycles. The molecule has 1 fully saturated rings. The van der Waals surface area contributed by atoms with Crippen molar-refractivity contribution in [1.82, 2.24) is 4.90 Å². The van der Waals surface area contributed by atoms with E-state index in [9.17, 15) is 18.0 Å². The first-order chi connectivity index (χ1) is 12.8. The summed E-state index contributed by atoms with van der Waals surface area (Å²) in [7, 11) is -3.84. The molecular formula is C21H21NO4S. The van der Waals surface area contributed by atoms with Gasteiger partial charge in [-0.2, -0.15) is 0 Å². The Labute approximate surface area is 158 Å². The van der Waals surface area contributed by atoms with Gasteiger partial charge in [0.25, 0.3) is 5.91 Å². The number of fused-ring (bicyclic) bond motifs is 2. The Kier molecular flexibility index (Phi) is 4.18. The molecule has 2 aliphatic rings. The Morgan fingerprint density at radius 2 is 1.59 bits per heavy atom. The number of hydrogen-bond donors (Lipinski definition) is 0. The Balaban J connectivity index is 1.81. The van der Waals surface area contributed by atoms with Gasteiger partial charge in [-0.1, -0.05) is 12.1 Å². The number of carbonyl (C=O) groups is 2. The summed E-state index contributed by atoms with van der Waals surface area (Å²) in [6, 6.07) is 10.8. The molecule has 27 heavy (non-hydrogen) atoms. The normalized spacial score (nSPS) is 23.5. The van der Waals surface area contributed by atoms with Crippen LogP contribution in [0.4, 0.5) is 0 Å². The first-order valence-corrected chi connectivity index (χ1v) is 10.7. The standard InChI is InChI=1S/C21H21NO4S/c1-13-6-5-7-14(2)22(13)21(24)15-10-11-17-19(12-15)27(25,26)18-9-4-3-8-16(18)20(17)23/h3-4,8-14H,5-7H2,1-2H3/t13-,14-/m1/s1. The zero-order valence-electron chi connectivity index (χ0n) is 15.3. The van der Waals surface area contributed by atoms with Gasteiger partial charge in [-0.05, 0) is 63.4 Å². The molecule has 2 aliphatic heterocycles. The van der Waals surface area contributed by atoms with Crippen LogP contribution in [0.2, 0.25) is 0 Å². The van der Waals surface area contributed by atoms with E-state index in [2.05, 4.69) is 0 Å². The van der Waals surface area contributed by atoms with E-state index in [4.69, 9.17) is 0 Å². The fourth-order valence-corrected chi connectivity index (χ4v) is 5.87. The van der Waals surface area contributed by atoms with E-state index in [1.165, 1.54) is 24.3 Å². The first-order valence-electron chi connectivity index (χ1n) is 9.18. The minimum Gasteiger partial charge on any atom is -0.333 e. The van der Waals surface area contributed by atoms with Crippen LogP contribution in [0.5, 0.6) is 0 Å². The number of sulfone groups is 1. The topological polar surface area (TPSA) is 71.5 Å². The second-order valence-corrected chi connectivity index (χ2v) is 9.27. The van der Waals surface area contributed by atoms with Crippen LogP contribution >= 0.6 is 0 Å². The van der Waals surface area contributed by atoms with Crippen molar-refractivity contribution in [3.8, 4) is 0 Å². The second kappa shape index (κ2) is 6.30. The first kappa shape index (κ1) is 17.9. The predicted octanol–water partition coefficient (Wildman–Crippen LogP) is 3.47. The second-order valence-electron chi connectivity index (χ2n) is 7.38. The SMILES string of the molecule is C[C@@H]1CCC[C@@H](C)N1C(=O)c1ccc2c(c1)S(=O)(=O)c1ccccc1C2=O. The van der Waals surface area contributed by atoms with Crippen LogP contribution in [0, 0.1) is 0 Å². The fraction of sp³-hybridized carbons (Fsp3) is 0.333. The maximum absolute atomic E-state index is 13.1. The molecular weight excluding hydrogens is 362 g/mol. The van der Waals surface area contributed by atoms with Crippen LogP contribution in [-0.4, -0.2) is 37.1 Å². The number of piperidine rings is 1. The summed E-state index contributed by atoms with van der Waals surface area (Å²) < 4.78 is 26.1. The van der Waals surface area contributed by atoms with Crippen molar-refractivity contribution >= 4 is 21.5 Å². The van der Waals surface area contributed by atoms with E-state index in [0.717, 1.165) is 19.3 Å². The average Bonchev–Trinajstić information content (AvgIpc) is 2.66. The lowest BCUT2D eigenvalue weighted by Gasteiger charge is -2.39. The average molecular weight is 383 g/mol. The molecule has 1 amide bonds. The van der Waals surface area contributed by atoms with Gasteiger partial charge >= 0.3 is 0 Å². The molecule has 1 saturated heterocycles. The highest BCUT2D eigenvalue weighted by Crippen LogP contribution is 2.35. The number of benzene rings is 2. The molecule has 2 aromatic rings. The molecule has 140 valence electrons. The third-order valence-corrected chi connectivity index (χ3v) is 7.46. The molecule has 0 unspecified atom stereocenters. The van der Waals surface area contributed by atoms with Gasteiger partial charge in [0.15, 0.2) is 5.78 Å². The van der Waals surface area contributed by atoms with Crippen LogP contribution < -0.4 is 0 Å². The van der Waals surface area contributed by atoms with Crippen LogP contribution in [0.25, 0.3) is 0 Å². The molecule has 0 N–H and O–H groups in total. The van der Waals surface area contributed by atoms with Gasteiger partial charge in [-0.3, -0.25) is 9.59 Å². The van der Waals surface area contributed by atoms with Crippen LogP contribution in [0.15, 0.2) is 52.3 Å². The highest BCUT2D eigenvalue weighted by Gasteiger charge is 2.36. The number of nitrogens with zero attached hydrogens (tertiary/aromatic N) is 1. The summed E-state index contributed by atoms with van der Waals surface area (Å²) in [6.07, 6.45) is 2.95. The van der Waals surface area contributed by atoms with Crippen LogP contribution in [-0.2, 0) is 9.84 Å². The van der Waals surface area contributed by atoms with E-state index < -0.39 is 9.84 Å². The number of ketones is 1. The van der Waals surface area contributed by atoms with Crippen LogP contribution in [0.1, 0.15) is 59.4 Å².